The highest BCUT2D eigenvalue weighted by molar-refractivity contribution is 5.92. The Morgan fingerprint density at radius 1 is 1.08 bits per heavy atom. The molecule has 0 unspecified atom stereocenters. The van der Waals surface area contributed by atoms with Gasteiger partial charge in [0.05, 0.1) is 7.11 Å². The minimum atomic E-state index is -0.648. The van der Waals surface area contributed by atoms with Gasteiger partial charge in [0.15, 0.2) is 24.7 Å². The molecule has 2 rings (SSSR count). The summed E-state index contributed by atoms with van der Waals surface area (Å²) in [5.41, 5.74) is 1.65. The highest BCUT2D eigenvalue weighted by Crippen LogP contribution is 2.28. The van der Waals surface area contributed by atoms with E-state index in [-0.39, 0.29) is 13.2 Å². The first kappa shape index (κ1) is 19.1. The summed E-state index contributed by atoms with van der Waals surface area (Å²) in [6, 6.07) is 14.3. The van der Waals surface area contributed by atoms with E-state index in [1.54, 1.807) is 36.4 Å². The number of nitrogens with one attached hydrogen (secondary N) is 1. The fourth-order valence-corrected chi connectivity index (χ4v) is 2.17. The lowest BCUT2D eigenvalue weighted by Crippen LogP contribution is -2.23. The minimum absolute atomic E-state index is 0.324. The van der Waals surface area contributed by atoms with E-state index in [2.05, 4.69) is 11.9 Å². The molecule has 0 aliphatic heterocycles. The average molecular weight is 355 g/mol. The molecule has 0 fully saturated rings. The largest absolute Gasteiger partial charge is 0.493 e. The normalized spacial score (nSPS) is 9.88. The first-order valence-electron chi connectivity index (χ1n) is 8.03. The molecular formula is C20H21NO5. The second-order valence-corrected chi connectivity index (χ2v) is 5.34. The van der Waals surface area contributed by atoms with Crippen LogP contribution in [0.5, 0.6) is 11.5 Å². The predicted molar refractivity (Wildman–Crippen MR) is 98.4 cm³/mol. The van der Waals surface area contributed by atoms with Crippen molar-refractivity contribution in [2.45, 2.75) is 6.42 Å². The second-order valence-electron chi connectivity index (χ2n) is 5.34. The van der Waals surface area contributed by atoms with Crippen LogP contribution in [0.1, 0.15) is 5.56 Å². The van der Waals surface area contributed by atoms with Gasteiger partial charge in [-0.1, -0.05) is 30.3 Å². The molecule has 2 aromatic rings. The van der Waals surface area contributed by atoms with Crippen LogP contribution < -0.4 is 14.8 Å². The number of benzene rings is 2. The third kappa shape index (κ3) is 5.98. The van der Waals surface area contributed by atoms with E-state index in [0.29, 0.717) is 23.6 Å². The van der Waals surface area contributed by atoms with Gasteiger partial charge in [-0.25, -0.2) is 4.79 Å². The maximum atomic E-state index is 11.8. The lowest BCUT2D eigenvalue weighted by atomic mass is 10.1. The molecule has 0 saturated carbocycles. The number of hydrogen-bond donors (Lipinski definition) is 1. The number of carbonyl (C=O) groups is 2. The van der Waals surface area contributed by atoms with Crippen LogP contribution in [0, 0.1) is 0 Å². The quantitative estimate of drug-likeness (QED) is 0.553. The third-order valence-electron chi connectivity index (χ3n) is 3.38. The number of allylic oxidation sites excluding steroid dienone is 1. The summed E-state index contributed by atoms with van der Waals surface area (Å²) < 4.78 is 15.6. The number of rotatable bonds is 9. The van der Waals surface area contributed by atoms with Crippen LogP contribution in [0.2, 0.25) is 0 Å². The van der Waals surface area contributed by atoms with Crippen LogP contribution in [0.15, 0.2) is 61.2 Å². The molecule has 1 N–H and O–H groups in total. The molecule has 1 amide bonds. The molecule has 2 aromatic carbocycles. The number of esters is 1. The summed E-state index contributed by atoms with van der Waals surface area (Å²) >= 11 is 0. The van der Waals surface area contributed by atoms with Gasteiger partial charge in [-0.2, -0.15) is 0 Å². The number of ether oxygens (including phenoxy) is 3. The van der Waals surface area contributed by atoms with Crippen molar-refractivity contribution < 1.29 is 23.8 Å². The van der Waals surface area contributed by atoms with E-state index in [1.807, 2.05) is 18.2 Å². The monoisotopic (exact) mass is 355 g/mol. The van der Waals surface area contributed by atoms with E-state index in [9.17, 15) is 9.59 Å². The van der Waals surface area contributed by atoms with E-state index >= 15 is 0 Å². The van der Waals surface area contributed by atoms with E-state index in [0.717, 1.165) is 5.56 Å². The van der Waals surface area contributed by atoms with Crippen LogP contribution in [0.3, 0.4) is 0 Å². The summed E-state index contributed by atoms with van der Waals surface area (Å²) in [6.07, 6.45) is 2.49. The van der Waals surface area contributed by atoms with Crippen LogP contribution in [-0.4, -0.2) is 32.2 Å². The SMILES string of the molecule is C=CCc1ccc(OCC(=O)OCC(=O)Nc2ccccc2)c(OC)c1. The van der Waals surface area contributed by atoms with Crippen molar-refractivity contribution in [3.8, 4) is 11.5 Å². The predicted octanol–water partition coefficient (Wildman–Crippen LogP) is 2.98. The van der Waals surface area contributed by atoms with Crippen molar-refractivity contribution in [2.75, 3.05) is 25.6 Å². The van der Waals surface area contributed by atoms with Crippen molar-refractivity contribution in [1.29, 1.82) is 0 Å². The number of amides is 1. The highest BCUT2D eigenvalue weighted by Gasteiger charge is 2.11. The van der Waals surface area contributed by atoms with Gasteiger partial charge in [0.25, 0.3) is 5.91 Å². The van der Waals surface area contributed by atoms with Crippen LogP contribution in [0.25, 0.3) is 0 Å². The van der Waals surface area contributed by atoms with Gasteiger partial charge in [-0.3, -0.25) is 4.79 Å². The van der Waals surface area contributed by atoms with Crippen molar-refractivity contribution in [3.05, 3.63) is 66.7 Å². The van der Waals surface area contributed by atoms with Crippen LogP contribution >= 0.6 is 0 Å². The van der Waals surface area contributed by atoms with Gasteiger partial charge < -0.3 is 19.5 Å². The van der Waals surface area contributed by atoms with Crippen molar-refractivity contribution >= 4 is 17.6 Å². The number of carbonyl (C=O) groups excluding carboxylic acids is 2. The summed E-state index contributed by atoms with van der Waals surface area (Å²) in [5.74, 6) is -0.133. The fourth-order valence-electron chi connectivity index (χ4n) is 2.17. The lowest BCUT2D eigenvalue weighted by molar-refractivity contribution is -0.149. The summed E-state index contributed by atoms with van der Waals surface area (Å²) in [4.78, 5) is 23.5. The number of hydrogen-bond acceptors (Lipinski definition) is 5. The molecule has 0 heterocycles. The Morgan fingerprint density at radius 3 is 2.54 bits per heavy atom. The molecule has 0 aromatic heterocycles. The average Bonchev–Trinajstić information content (AvgIpc) is 2.66. The molecule has 6 heteroatoms. The zero-order valence-corrected chi connectivity index (χ0v) is 14.6. The standard InChI is InChI=1S/C20H21NO5/c1-3-7-15-10-11-17(18(12-15)24-2)25-14-20(23)26-13-19(22)21-16-8-5-4-6-9-16/h3-6,8-12H,1,7,13-14H2,2H3,(H,21,22). The molecule has 26 heavy (non-hydrogen) atoms. The smallest absolute Gasteiger partial charge is 0.344 e. The topological polar surface area (TPSA) is 73.9 Å². The maximum absolute atomic E-state index is 11.8. The Bertz CT molecular complexity index is 758. The zero-order chi connectivity index (χ0) is 18.8. The maximum Gasteiger partial charge on any atom is 0.344 e. The molecule has 0 atom stereocenters. The molecule has 136 valence electrons. The minimum Gasteiger partial charge on any atom is -0.493 e. The molecular weight excluding hydrogens is 334 g/mol. The van der Waals surface area contributed by atoms with Crippen molar-refractivity contribution in [1.82, 2.24) is 0 Å². The molecule has 0 bridgehead atoms. The molecule has 0 saturated heterocycles. The number of anilines is 1. The van der Waals surface area contributed by atoms with E-state index < -0.39 is 11.9 Å². The highest BCUT2D eigenvalue weighted by atomic mass is 16.6. The Labute approximate surface area is 152 Å². The molecule has 0 spiro atoms. The summed E-state index contributed by atoms with van der Waals surface area (Å²) in [7, 11) is 1.52. The van der Waals surface area contributed by atoms with Gasteiger partial charge in [0.1, 0.15) is 0 Å². The molecule has 0 aliphatic carbocycles. The van der Waals surface area contributed by atoms with Crippen LogP contribution in [0.4, 0.5) is 5.69 Å². The Hall–Kier alpha value is -3.28. The fraction of sp³-hybridized carbons (Fsp3) is 0.200. The van der Waals surface area contributed by atoms with E-state index in [1.165, 1.54) is 7.11 Å². The van der Waals surface area contributed by atoms with Crippen molar-refractivity contribution in [2.24, 2.45) is 0 Å². The van der Waals surface area contributed by atoms with Gasteiger partial charge in [-0.05, 0) is 36.2 Å². The first-order valence-corrected chi connectivity index (χ1v) is 8.03. The molecule has 6 nitrogen and oxygen atoms in total. The second kappa shape index (κ2) is 9.88. The Balaban J connectivity index is 1.79. The third-order valence-corrected chi connectivity index (χ3v) is 3.38. The van der Waals surface area contributed by atoms with Gasteiger partial charge in [0, 0.05) is 5.69 Å². The van der Waals surface area contributed by atoms with Crippen molar-refractivity contribution in [3.63, 3.8) is 0 Å². The molecule has 0 radical (unpaired) electrons. The first-order chi connectivity index (χ1) is 12.6. The van der Waals surface area contributed by atoms with Gasteiger partial charge in [-0.15, -0.1) is 6.58 Å². The van der Waals surface area contributed by atoms with Gasteiger partial charge >= 0.3 is 5.97 Å². The number of para-hydroxylation sites is 1. The van der Waals surface area contributed by atoms with E-state index in [4.69, 9.17) is 14.2 Å². The zero-order valence-electron chi connectivity index (χ0n) is 14.6. The van der Waals surface area contributed by atoms with Gasteiger partial charge in [0.2, 0.25) is 0 Å². The molecule has 0 aliphatic rings. The summed E-state index contributed by atoms with van der Waals surface area (Å²) in [5, 5.41) is 2.62. The lowest BCUT2D eigenvalue weighted by Gasteiger charge is -2.11. The Kier molecular flexibility index (Phi) is 7.24. The Morgan fingerprint density at radius 2 is 1.85 bits per heavy atom. The number of methoxy groups -OCH3 is 1. The van der Waals surface area contributed by atoms with Crippen LogP contribution in [-0.2, 0) is 20.7 Å². The summed E-state index contributed by atoms with van der Waals surface area (Å²) in [6.45, 7) is 2.98.